The van der Waals surface area contributed by atoms with Crippen LogP contribution in [-0.4, -0.2) is 38.3 Å². The second-order valence-corrected chi connectivity index (χ2v) is 6.57. The second-order valence-electron chi connectivity index (χ2n) is 6.57. The zero-order valence-electron chi connectivity index (χ0n) is 14.6. The molecule has 2 N–H and O–H groups in total. The van der Waals surface area contributed by atoms with Gasteiger partial charge in [0.2, 0.25) is 0 Å². The minimum absolute atomic E-state index is 0.0567. The molecule has 0 bridgehead atoms. The first kappa shape index (κ1) is 18.1. The molecule has 0 aliphatic heterocycles. The summed E-state index contributed by atoms with van der Waals surface area (Å²) < 4.78 is 5.22. The molecule has 120 valence electrons. The van der Waals surface area contributed by atoms with Crippen LogP contribution >= 0.6 is 0 Å². The maximum absolute atomic E-state index is 6.51. The van der Waals surface area contributed by atoms with Gasteiger partial charge in [-0.3, -0.25) is 4.90 Å². The molecule has 0 heterocycles. The Kier molecular flexibility index (Phi) is 7.36. The van der Waals surface area contributed by atoms with Gasteiger partial charge in [-0.05, 0) is 43.4 Å². The molecule has 0 spiro atoms. The van der Waals surface area contributed by atoms with Crippen LogP contribution in [-0.2, 0) is 4.74 Å². The van der Waals surface area contributed by atoms with E-state index in [0.29, 0.717) is 5.92 Å². The van der Waals surface area contributed by atoms with Gasteiger partial charge < -0.3 is 10.5 Å². The molecule has 0 saturated heterocycles. The number of hydrogen-bond acceptors (Lipinski definition) is 3. The van der Waals surface area contributed by atoms with Gasteiger partial charge in [0, 0.05) is 32.8 Å². The summed E-state index contributed by atoms with van der Waals surface area (Å²) >= 11 is 0. The molecule has 1 aromatic carbocycles. The van der Waals surface area contributed by atoms with E-state index in [-0.39, 0.29) is 6.04 Å². The molecule has 0 aliphatic rings. The average Bonchev–Trinajstić information content (AvgIpc) is 2.33. The summed E-state index contributed by atoms with van der Waals surface area (Å²) in [5.74, 6) is 0.634. The summed E-state index contributed by atoms with van der Waals surface area (Å²) in [7, 11) is 1.75. The van der Waals surface area contributed by atoms with Crippen molar-refractivity contribution in [2.45, 2.75) is 40.7 Å². The van der Waals surface area contributed by atoms with Crippen LogP contribution in [0, 0.1) is 26.7 Å². The number of ether oxygens (including phenoxy) is 1. The summed E-state index contributed by atoms with van der Waals surface area (Å²) in [6.07, 6.45) is 0. The molecule has 3 heteroatoms. The maximum Gasteiger partial charge on any atom is 0.0589 e. The Morgan fingerprint density at radius 3 is 2.14 bits per heavy atom. The molecular weight excluding hydrogens is 260 g/mol. The minimum atomic E-state index is 0.0567. The fourth-order valence-corrected chi connectivity index (χ4v) is 3.14. The van der Waals surface area contributed by atoms with E-state index in [4.69, 9.17) is 10.5 Å². The molecule has 0 fully saturated rings. The van der Waals surface area contributed by atoms with Crippen molar-refractivity contribution >= 4 is 0 Å². The van der Waals surface area contributed by atoms with Crippen LogP contribution in [0.15, 0.2) is 12.1 Å². The van der Waals surface area contributed by atoms with Crippen LogP contribution < -0.4 is 5.73 Å². The monoisotopic (exact) mass is 292 g/mol. The lowest BCUT2D eigenvalue weighted by Crippen LogP contribution is -2.37. The lowest BCUT2D eigenvalue weighted by atomic mass is 9.94. The van der Waals surface area contributed by atoms with Gasteiger partial charge >= 0.3 is 0 Å². The third-order valence-corrected chi connectivity index (χ3v) is 3.80. The topological polar surface area (TPSA) is 38.5 Å². The smallest absolute Gasteiger partial charge is 0.0589 e. The first-order valence-electron chi connectivity index (χ1n) is 7.89. The van der Waals surface area contributed by atoms with Gasteiger partial charge in [-0.25, -0.2) is 0 Å². The van der Waals surface area contributed by atoms with E-state index in [2.05, 4.69) is 51.7 Å². The Bertz CT molecular complexity index is 420. The van der Waals surface area contributed by atoms with E-state index in [1.165, 1.54) is 22.3 Å². The van der Waals surface area contributed by atoms with Gasteiger partial charge in [0.05, 0.1) is 6.61 Å². The summed E-state index contributed by atoms with van der Waals surface area (Å²) in [6.45, 7) is 14.6. The van der Waals surface area contributed by atoms with E-state index in [1.54, 1.807) is 7.11 Å². The Morgan fingerprint density at radius 1 is 1.10 bits per heavy atom. The third-order valence-electron chi connectivity index (χ3n) is 3.80. The third kappa shape index (κ3) is 5.77. The molecular formula is C18H32N2O. The lowest BCUT2D eigenvalue weighted by molar-refractivity contribution is 0.136. The highest BCUT2D eigenvalue weighted by Gasteiger charge is 2.17. The number of methoxy groups -OCH3 is 1. The molecule has 1 atom stereocenters. The quantitative estimate of drug-likeness (QED) is 0.799. The number of benzene rings is 1. The molecule has 1 rings (SSSR count). The molecule has 0 amide bonds. The standard InChI is InChI=1S/C18H32N2O/c1-13(2)11-20(7-8-21-6)12-17(19)18-15(4)9-14(3)10-16(18)5/h9-10,13,17H,7-8,11-12,19H2,1-6H3. The van der Waals surface area contributed by atoms with Gasteiger partial charge in [-0.2, -0.15) is 0 Å². The maximum atomic E-state index is 6.51. The van der Waals surface area contributed by atoms with Crippen molar-refractivity contribution in [3.05, 3.63) is 34.4 Å². The average molecular weight is 292 g/mol. The van der Waals surface area contributed by atoms with Crippen molar-refractivity contribution in [3.63, 3.8) is 0 Å². The molecule has 3 nitrogen and oxygen atoms in total. The molecule has 0 aromatic heterocycles. The molecule has 1 unspecified atom stereocenters. The van der Waals surface area contributed by atoms with Crippen molar-refractivity contribution < 1.29 is 4.74 Å². The van der Waals surface area contributed by atoms with Gasteiger partial charge in [0.1, 0.15) is 0 Å². The van der Waals surface area contributed by atoms with Crippen molar-refractivity contribution in [1.29, 1.82) is 0 Å². The van der Waals surface area contributed by atoms with Gasteiger partial charge in [0.25, 0.3) is 0 Å². The summed E-state index contributed by atoms with van der Waals surface area (Å²) in [5.41, 5.74) is 11.7. The molecule has 1 aromatic rings. The number of hydrogen-bond donors (Lipinski definition) is 1. The zero-order valence-corrected chi connectivity index (χ0v) is 14.6. The summed E-state index contributed by atoms with van der Waals surface area (Å²) in [5, 5.41) is 0. The highest BCUT2D eigenvalue weighted by molar-refractivity contribution is 5.39. The molecule has 0 saturated carbocycles. The number of rotatable bonds is 8. The molecule has 21 heavy (non-hydrogen) atoms. The number of nitrogens with zero attached hydrogens (tertiary/aromatic N) is 1. The first-order valence-corrected chi connectivity index (χ1v) is 7.89. The second kappa shape index (κ2) is 8.52. The normalized spacial score (nSPS) is 13.2. The Hall–Kier alpha value is -0.900. The van der Waals surface area contributed by atoms with E-state index < -0.39 is 0 Å². The van der Waals surface area contributed by atoms with E-state index in [0.717, 1.165) is 26.2 Å². The van der Waals surface area contributed by atoms with E-state index >= 15 is 0 Å². The van der Waals surface area contributed by atoms with Crippen molar-refractivity contribution in [3.8, 4) is 0 Å². The number of aryl methyl sites for hydroxylation is 3. The van der Waals surface area contributed by atoms with Crippen molar-refractivity contribution in [2.75, 3.05) is 33.4 Å². The van der Waals surface area contributed by atoms with Gasteiger partial charge in [-0.1, -0.05) is 31.5 Å². The minimum Gasteiger partial charge on any atom is -0.383 e. The fraction of sp³-hybridized carbons (Fsp3) is 0.667. The fourth-order valence-electron chi connectivity index (χ4n) is 3.14. The van der Waals surface area contributed by atoms with Crippen LogP contribution in [0.3, 0.4) is 0 Å². The van der Waals surface area contributed by atoms with Gasteiger partial charge in [0.15, 0.2) is 0 Å². The van der Waals surface area contributed by atoms with Crippen LogP contribution in [0.2, 0.25) is 0 Å². The van der Waals surface area contributed by atoms with E-state index in [1.807, 2.05) is 0 Å². The summed E-state index contributed by atoms with van der Waals surface area (Å²) in [4.78, 5) is 2.41. The van der Waals surface area contributed by atoms with E-state index in [9.17, 15) is 0 Å². The lowest BCUT2D eigenvalue weighted by Gasteiger charge is -2.28. The zero-order chi connectivity index (χ0) is 16.0. The van der Waals surface area contributed by atoms with Gasteiger partial charge in [-0.15, -0.1) is 0 Å². The highest BCUT2D eigenvalue weighted by Crippen LogP contribution is 2.23. The number of nitrogens with two attached hydrogens (primary N) is 1. The predicted molar refractivity (Wildman–Crippen MR) is 90.7 cm³/mol. The van der Waals surface area contributed by atoms with Crippen LogP contribution in [0.5, 0.6) is 0 Å². The first-order chi connectivity index (χ1) is 9.85. The SMILES string of the molecule is COCCN(CC(C)C)CC(N)c1c(C)cc(C)cc1C. The largest absolute Gasteiger partial charge is 0.383 e. The van der Waals surface area contributed by atoms with Crippen molar-refractivity contribution in [1.82, 2.24) is 4.90 Å². The van der Waals surface area contributed by atoms with Crippen molar-refractivity contribution in [2.24, 2.45) is 11.7 Å². The Balaban J connectivity index is 2.83. The Labute approximate surface area is 130 Å². The molecule has 0 aliphatic carbocycles. The molecule has 0 radical (unpaired) electrons. The Morgan fingerprint density at radius 2 is 1.67 bits per heavy atom. The predicted octanol–water partition coefficient (Wildman–Crippen LogP) is 3.22. The van der Waals surface area contributed by atoms with Crippen LogP contribution in [0.25, 0.3) is 0 Å². The summed E-state index contributed by atoms with van der Waals surface area (Å²) in [6, 6.07) is 4.51. The highest BCUT2D eigenvalue weighted by atomic mass is 16.5. The van der Waals surface area contributed by atoms with Crippen LogP contribution in [0.1, 0.15) is 42.1 Å². The van der Waals surface area contributed by atoms with Crippen LogP contribution in [0.4, 0.5) is 0 Å².